The minimum atomic E-state index is -0.360. The van der Waals surface area contributed by atoms with Crippen molar-refractivity contribution in [2.45, 2.75) is 46.1 Å². The summed E-state index contributed by atoms with van der Waals surface area (Å²) in [5.74, 6) is 0.176. The Kier molecular flexibility index (Phi) is 6.49. The van der Waals surface area contributed by atoms with Crippen LogP contribution in [0.5, 0.6) is 0 Å². The van der Waals surface area contributed by atoms with Crippen LogP contribution in [0.3, 0.4) is 0 Å². The Hall–Kier alpha value is -0.900. The first-order valence-corrected chi connectivity index (χ1v) is 7.45. The smallest absolute Gasteiger partial charge is 0.251 e. The van der Waals surface area contributed by atoms with Crippen molar-refractivity contribution >= 4 is 21.8 Å². The van der Waals surface area contributed by atoms with Crippen LogP contribution in [0.15, 0.2) is 22.7 Å². The van der Waals surface area contributed by atoms with Gasteiger partial charge in [0.05, 0.1) is 4.47 Å². The molecule has 1 amide bonds. The van der Waals surface area contributed by atoms with Gasteiger partial charge in [-0.1, -0.05) is 26.7 Å². The van der Waals surface area contributed by atoms with E-state index < -0.39 is 0 Å². The van der Waals surface area contributed by atoms with Crippen LogP contribution in [-0.2, 0) is 0 Å². The molecule has 4 heteroatoms. The lowest BCUT2D eigenvalue weighted by Crippen LogP contribution is -2.32. The molecule has 1 rings (SSSR count). The summed E-state index contributed by atoms with van der Waals surface area (Å²) >= 11 is 3.08. The monoisotopic (exact) mass is 329 g/mol. The second kappa shape index (κ2) is 7.63. The van der Waals surface area contributed by atoms with Gasteiger partial charge in [-0.05, 0) is 53.4 Å². The van der Waals surface area contributed by atoms with Crippen molar-refractivity contribution in [1.82, 2.24) is 5.32 Å². The highest BCUT2D eigenvalue weighted by Crippen LogP contribution is 2.17. The number of amides is 1. The van der Waals surface area contributed by atoms with E-state index in [1.54, 1.807) is 0 Å². The molecule has 0 aliphatic heterocycles. The molecule has 0 aromatic heterocycles. The Labute approximate surface area is 122 Å². The van der Waals surface area contributed by atoms with Crippen molar-refractivity contribution in [3.05, 3.63) is 34.1 Å². The molecule has 0 heterocycles. The molecule has 0 aliphatic carbocycles. The van der Waals surface area contributed by atoms with Gasteiger partial charge in [0.25, 0.3) is 5.91 Å². The highest BCUT2D eigenvalue weighted by molar-refractivity contribution is 9.10. The van der Waals surface area contributed by atoms with E-state index in [2.05, 4.69) is 35.1 Å². The topological polar surface area (TPSA) is 29.1 Å². The molecule has 106 valence electrons. The maximum Gasteiger partial charge on any atom is 0.251 e. The van der Waals surface area contributed by atoms with E-state index in [4.69, 9.17) is 0 Å². The van der Waals surface area contributed by atoms with E-state index in [1.165, 1.54) is 24.6 Å². The van der Waals surface area contributed by atoms with Crippen molar-refractivity contribution in [2.75, 3.05) is 0 Å². The molecule has 0 fully saturated rings. The fourth-order valence-corrected chi connectivity index (χ4v) is 2.23. The minimum Gasteiger partial charge on any atom is -0.350 e. The number of hydrogen-bond acceptors (Lipinski definition) is 1. The zero-order valence-electron chi connectivity index (χ0n) is 11.7. The molecule has 0 saturated heterocycles. The average molecular weight is 330 g/mol. The number of halogens is 2. The fraction of sp³-hybridized carbons (Fsp3) is 0.533. The molecular formula is C15H21BrFNO. The summed E-state index contributed by atoms with van der Waals surface area (Å²) in [4.78, 5) is 12.0. The lowest BCUT2D eigenvalue weighted by Gasteiger charge is -2.14. The summed E-state index contributed by atoms with van der Waals surface area (Å²) in [6.45, 7) is 6.38. The predicted molar refractivity (Wildman–Crippen MR) is 79.7 cm³/mol. The maximum atomic E-state index is 13.1. The van der Waals surface area contributed by atoms with Gasteiger partial charge in [-0.3, -0.25) is 4.79 Å². The Morgan fingerprint density at radius 1 is 1.32 bits per heavy atom. The number of carbonyl (C=O) groups is 1. The van der Waals surface area contributed by atoms with Gasteiger partial charge in [-0.25, -0.2) is 4.39 Å². The minimum absolute atomic E-state index is 0.134. The molecule has 1 atom stereocenters. The van der Waals surface area contributed by atoms with Crippen LogP contribution in [0.2, 0.25) is 0 Å². The zero-order chi connectivity index (χ0) is 14.4. The molecule has 0 spiro atoms. The van der Waals surface area contributed by atoms with Gasteiger partial charge < -0.3 is 5.32 Å². The molecule has 0 radical (unpaired) electrons. The standard InChI is InChI=1S/C15H21BrFNO/c1-10(2)5-4-6-11(3)18-15(19)12-7-8-14(17)13(16)9-12/h7-11H,4-6H2,1-3H3,(H,18,19). The average Bonchev–Trinajstić information content (AvgIpc) is 2.32. The molecule has 1 unspecified atom stereocenters. The van der Waals surface area contributed by atoms with Gasteiger partial charge >= 0.3 is 0 Å². The molecule has 0 bridgehead atoms. The van der Waals surface area contributed by atoms with Crippen LogP contribution in [0.4, 0.5) is 4.39 Å². The van der Waals surface area contributed by atoms with Crippen molar-refractivity contribution in [3.63, 3.8) is 0 Å². The Morgan fingerprint density at radius 3 is 2.58 bits per heavy atom. The summed E-state index contributed by atoms with van der Waals surface area (Å²) in [6.07, 6.45) is 3.24. The van der Waals surface area contributed by atoms with Crippen molar-refractivity contribution < 1.29 is 9.18 Å². The third-order valence-corrected chi connectivity index (χ3v) is 3.59. The van der Waals surface area contributed by atoms with Gasteiger partial charge in [0.1, 0.15) is 5.82 Å². The quantitative estimate of drug-likeness (QED) is 0.816. The number of rotatable bonds is 6. The molecule has 19 heavy (non-hydrogen) atoms. The van der Waals surface area contributed by atoms with Crippen LogP contribution in [0.1, 0.15) is 50.4 Å². The number of benzene rings is 1. The van der Waals surface area contributed by atoms with Gasteiger partial charge in [0, 0.05) is 11.6 Å². The number of carbonyl (C=O) groups excluding carboxylic acids is 1. The van der Waals surface area contributed by atoms with E-state index >= 15 is 0 Å². The normalized spacial score (nSPS) is 12.5. The molecular weight excluding hydrogens is 309 g/mol. The first-order valence-electron chi connectivity index (χ1n) is 6.66. The third kappa shape index (κ3) is 5.72. The van der Waals surface area contributed by atoms with E-state index in [0.717, 1.165) is 12.8 Å². The summed E-state index contributed by atoms with van der Waals surface area (Å²) in [6, 6.07) is 4.43. The SMILES string of the molecule is CC(C)CCCC(C)NC(=O)c1ccc(F)c(Br)c1. The molecule has 1 aromatic rings. The first kappa shape index (κ1) is 16.2. The third-order valence-electron chi connectivity index (χ3n) is 2.98. The van der Waals surface area contributed by atoms with Crippen LogP contribution in [0.25, 0.3) is 0 Å². The lowest BCUT2D eigenvalue weighted by atomic mass is 10.0. The molecule has 0 saturated carbocycles. The van der Waals surface area contributed by atoms with Crippen LogP contribution >= 0.6 is 15.9 Å². The molecule has 0 aliphatic rings. The van der Waals surface area contributed by atoms with Crippen LogP contribution in [0, 0.1) is 11.7 Å². The van der Waals surface area contributed by atoms with Crippen LogP contribution in [-0.4, -0.2) is 11.9 Å². The number of nitrogens with one attached hydrogen (secondary N) is 1. The zero-order valence-corrected chi connectivity index (χ0v) is 13.3. The van der Waals surface area contributed by atoms with Gasteiger partial charge in [0.2, 0.25) is 0 Å². The van der Waals surface area contributed by atoms with Crippen LogP contribution < -0.4 is 5.32 Å². The van der Waals surface area contributed by atoms with Crippen molar-refractivity contribution in [3.8, 4) is 0 Å². The summed E-state index contributed by atoms with van der Waals surface area (Å²) < 4.78 is 13.4. The van der Waals surface area contributed by atoms with E-state index in [9.17, 15) is 9.18 Å². The van der Waals surface area contributed by atoms with Gasteiger partial charge in [-0.15, -0.1) is 0 Å². The van der Waals surface area contributed by atoms with Crippen molar-refractivity contribution in [2.24, 2.45) is 5.92 Å². The fourth-order valence-electron chi connectivity index (χ4n) is 1.85. The number of hydrogen-bond donors (Lipinski definition) is 1. The Bertz CT molecular complexity index is 434. The molecule has 2 nitrogen and oxygen atoms in total. The summed E-state index contributed by atoms with van der Waals surface area (Å²) in [5, 5.41) is 2.93. The lowest BCUT2D eigenvalue weighted by molar-refractivity contribution is 0.0937. The second-order valence-corrected chi connectivity index (χ2v) is 6.18. The van der Waals surface area contributed by atoms with E-state index in [-0.39, 0.29) is 17.8 Å². The molecule has 1 N–H and O–H groups in total. The van der Waals surface area contributed by atoms with E-state index in [1.807, 2.05) is 6.92 Å². The first-order chi connectivity index (χ1) is 8.90. The van der Waals surface area contributed by atoms with Gasteiger partial charge in [-0.2, -0.15) is 0 Å². The summed E-state index contributed by atoms with van der Waals surface area (Å²) in [5.41, 5.74) is 0.476. The second-order valence-electron chi connectivity index (χ2n) is 5.33. The molecule has 1 aromatic carbocycles. The Balaban J connectivity index is 2.47. The maximum absolute atomic E-state index is 13.1. The van der Waals surface area contributed by atoms with E-state index in [0.29, 0.717) is 16.0 Å². The van der Waals surface area contributed by atoms with Crippen molar-refractivity contribution in [1.29, 1.82) is 0 Å². The largest absolute Gasteiger partial charge is 0.350 e. The summed E-state index contributed by atoms with van der Waals surface area (Å²) in [7, 11) is 0. The highest BCUT2D eigenvalue weighted by Gasteiger charge is 2.11. The predicted octanol–water partition coefficient (Wildman–Crippen LogP) is 4.53. The highest BCUT2D eigenvalue weighted by atomic mass is 79.9. The Morgan fingerprint density at radius 2 is 2.00 bits per heavy atom. The van der Waals surface area contributed by atoms with Gasteiger partial charge in [0.15, 0.2) is 0 Å².